The lowest BCUT2D eigenvalue weighted by Gasteiger charge is -2.22. The number of hydrogen-bond acceptors (Lipinski definition) is 2. The van der Waals surface area contributed by atoms with Crippen LogP contribution in [-0.2, 0) is 4.79 Å². The van der Waals surface area contributed by atoms with Gasteiger partial charge in [-0.3, -0.25) is 4.79 Å². The van der Waals surface area contributed by atoms with Crippen LogP contribution in [0.15, 0.2) is 60.7 Å². The van der Waals surface area contributed by atoms with Crippen LogP contribution in [0.3, 0.4) is 0 Å². The molecule has 0 aliphatic heterocycles. The van der Waals surface area contributed by atoms with Crippen LogP contribution >= 0.6 is 0 Å². The van der Waals surface area contributed by atoms with E-state index in [2.05, 4.69) is 40.2 Å². The molecule has 0 bridgehead atoms. The second kappa shape index (κ2) is 12.0. The largest absolute Gasteiger partial charge is 0.356 e. The third-order valence-corrected chi connectivity index (χ3v) is 5.74. The van der Waals surface area contributed by atoms with Gasteiger partial charge in [-0.05, 0) is 30.4 Å². The molecule has 5 nitrogen and oxygen atoms in total. The number of amides is 3. The van der Waals surface area contributed by atoms with Gasteiger partial charge in [-0.15, -0.1) is 0 Å². The topological polar surface area (TPSA) is 70.2 Å². The summed E-state index contributed by atoms with van der Waals surface area (Å²) >= 11 is 0. The quantitative estimate of drug-likeness (QED) is 0.578. The van der Waals surface area contributed by atoms with Crippen LogP contribution < -0.4 is 16.0 Å². The van der Waals surface area contributed by atoms with Crippen molar-refractivity contribution in [1.82, 2.24) is 16.0 Å². The third-order valence-electron chi connectivity index (χ3n) is 5.74. The molecule has 160 valence electrons. The van der Waals surface area contributed by atoms with Crippen molar-refractivity contribution in [3.63, 3.8) is 0 Å². The van der Waals surface area contributed by atoms with Crippen molar-refractivity contribution in [3.05, 3.63) is 71.8 Å². The second-order valence-electron chi connectivity index (χ2n) is 8.00. The monoisotopic (exact) mass is 407 g/mol. The fourth-order valence-electron chi connectivity index (χ4n) is 4.11. The van der Waals surface area contributed by atoms with Crippen molar-refractivity contribution in [2.75, 3.05) is 13.1 Å². The zero-order valence-electron chi connectivity index (χ0n) is 17.6. The van der Waals surface area contributed by atoms with Crippen LogP contribution in [0.4, 0.5) is 4.79 Å². The maximum atomic E-state index is 12.2. The standard InChI is InChI=1S/C25H33N3O2/c29-24(17-19-27-25(30)28-22-14-8-3-9-15-22)26-18-16-23(20-10-4-1-5-11-20)21-12-6-2-7-13-21/h1-2,4-7,10-13,22-23H,3,8-9,14-19H2,(H,26,29)(H2,27,28,30). The number of carbonyl (C=O) groups is 2. The Morgan fingerprint density at radius 2 is 1.40 bits per heavy atom. The summed E-state index contributed by atoms with van der Waals surface area (Å²) in [6, 6.07) is 20.9. The number of hydrogen-bond donors (Lipinski definition) is 3. The van der Waals surface area contributed by atoms with E-state index >= 15 is 0 Å². The van der Waals surface area contributed by atoms with E-state index in [0.717, 1.165) is 19.3 Å². The Labute approximate surface area is 179 Å². The number of rotatable bonds is 9. The van der Waals surface area contributed by atoms with E-state index in [1.165, 1.54) is 30.4 Å². The van der Waals surface area contributed by atoms with Crippen molar-refractivity contribution < 1.29 is 9.59 Å². The average molecular weight is 408 g/mol. The summed E-state index contributed by atoms with van der Waals surface area (Å²) in [5.41, 5.74) is 2.50. The van der Waals surface area contributed by atoms with E-state index in [1.54, 1.807) is 0 Å². The van der Waals surface area contributed by atoms with Gasteiger partial charge in [-0.2, -0.15) is 0 Å². The molecule has 1 fully saturated rings. The first-order chi connectivity index (χ1) is 14.7. The first-order valence-electron chi connectivity index (χ1n) is 11.1. The van der Waals surface area contributed by atoms with Gasteiger partial charge in [-0.25, -0.2) is 4.79 Å². The highest BCUT2D eigenvalue weighted by molar-refractivity contribution is 5.78. The molecule has 1 saturated carbocycles. The minimum Gasteiger partial charge on any atom is -0.356 e. The summed E-state index contributed by atoms with van der Waals surface area (Å²) in [6.07, 6.45) is 6.85. The van der Waals surface area contributed by atoms with Gasteiger partial charge in [0.05, 0.1) is 0 Å². The molecule has 0 heterocycles. The Morgan fingerprint density at radius 1 is 0.800 bits per heavy atom. The minimum absolute atomic E-state index is 0.0344. The van der Waals surface area contributed by atoms with E-state index in [9.17, 15) is 9.59 Å². The Morgan fingerprint density at radius 3 is 2.00 bits per heavy atom. The van der Waals surface area contributed by atoms with E-state index in [4.69, 9.17) is 0 Å². The zero-order chi connectivity index (χ0) is 21.0. The highest BCUT2D eigenvalue weighted by Gasteiger charge is 2.16. The van der Waals surface area contributed by atoms with E-state index in [1.807, 2.05) is 36.4 Å². The smallest absolute Gasteiger partial charge is 0.315 e. The summed E-state index contributed by atoms with van der Waals surface area (Å²) in [6.45, 7) is 0.951. The van der Waals surface area contributed by atoms with Gasteiger partial charge in [0.1, 0.15) is 0 Å². The predicted octanol–water partition coefficient (Wildman–Crippen LogP) is 4.35. The van der Waals surface area contributed by atoms with Crippen LogP contribution in [-0.4, -0.2) is 31.1 Å². The third kappa shape index (κ3) is 7.21. The van der Waals surface area contributed by atoms with Crippen molar-refractivity contribution in [2.24, 2.45) is 0 Å². The van der Waals surface area contributed by atoms with Crippen LogP contribution in [0.2, 0.25) is 0 Å². The van der Waals surface area contributed by atoms with E-state index in [0.29, 0.717) is 19.5 Å². The van der Waals surface area contributed by atoms with Crippen LogP contribution in [0, 0.1) is 0 Å². The fraction of sp³-hybridized carbons (Fsp3) is 0.440. The number of benzene rings is 2. The molecule has 2 aromatic rings. The van der Waals surface area contributed by atoms with Crippen molar-refractivity contribution in [1.29, 1.82) is 0 Å². The van der Waals surface area contributed by atoms with Gasteiger partial charge in [0, 0.05) is 31.5 Å². The highest BCUT2D eigenvalue weighted by atomic mass is 16.2. The Bertz CT molecular complexity index is 734. The SMILES string of the molecule is O=C(CCNC(=O)NC1CCCCC1)NCCC(c1ccccc1)c1ccccc1. The molecule has 5 heteroatoms. The molecule has 3 amide bonds. The van der Waals surface area contributed by atoms with Crippen molar-refractivity contribution in [3.8, 4) is 0 Å². The lowest BCUT2D eigenvalue weighted by Crippen LogP contribution is -2.43. The Hall–Kier alpha value is -2.82. The molecule has 0 unspecified atom stereocenters. The van der Waals surface area contributed by atoms with Gasteiger partial charge in [0.2, 0.25) is 5.91 Å². The van der Waals surface area contributed by atoms with Crippen molar-refractivity contribution in [2.45, 2.75) is 56.9 Å². The predicted molar refractivity (Wildman–Crippen MR) is 120 cm³/mol. The van der Waals surface area contributed by atoms with Gasteiger partial charge < -0.3 is 16.0 Å². The van der Waals surface area contributed by atoms with Crippen molar-refractivity contribution >= 4 is 11.9 Å². The molecule has 1 aliphatic carbocycles. The summed E-state index contributed by atoms with van der Waals surface area (Å²) in [7, 11) is 0. The first kappa shape index (κ1) is 21.9. The maximum absolute atomic E-state index is 12.2. The minimum atomic E-state index is -0.164. The molecule has 2 aromatic carbocycles. The zero-order valence-corrected chi connectivity index (χ0v) is 17.6. The summed E-state index contributed by atoms with van der Waals surface area (Å²) < 4.78 is 0. The first-order valence-corrected chi connectivity index (χ1v) is 11.1. The van der Waals surface area contributed by atoms with Crippen LogP contribution in [0.5, 0.6) is 0 Å². The Balaban J connectivity index is 1.38. The van der Waals surface area contributed by atoms with Gasteiger partial charge in [-0.1, -0.05) is 79.9 Å². The molecule has 0 spiro atoms. The highest BCUT2D eigenvalue weighted by Crippen LogP contribution is 2.27. The number of carbonyl (C=O) groups excluding carboxylic acids is 2. The lowest BCUT2D eigenvalue weighted by atomic mass is 9.88. The van der Waals surface area contributed by atoms with E-state index < -0.39 is 0 Å². The maximum Gasteiger partial charge on any atom is 0.315 e. The summed E-state index contributed by atoms with van der Waals surface area (Å²) in [5.74, 6) is 0.208. The lowest BCUT2D eigenvalue weighted by molar-refractivity contribution is -0.120. The van der Waals surface area contributed by atoms with E-state index in [-0.39, 0.29) is 23.9 Å². The average Bonchev–Trinajstić information content (AvgIpc) is 2.78. The molecule has 1 aliphatic rings. The molecule has 0 aromatic heterocycles. The molecule has 30 heavy (non-hydrogen) atoms. The molecular weight excluding hydrogens is 374 g/mol. The second-order valence-corrected chi connectivity index (χ2v) is 8.00. The van der Waals surface area contributed by atoms with Crippen LogP contribution in [0.1, 0.15) is 62.0 Å². The van der Waals surface area contributed by atoms with Gasteiger partial charge in [0.25, 0.3) is 0 Å². The van der Waals surface area contributed by atoms with Crippen LogP contribution in [0.25, 0.3) is 0 Å². The molecule has 0 radical (unpaired) electrons. The van der Waals surface area contributed by atoms with Gasteiger partial charge >= 0.3 is 6.03 Å². The fourth-order valence-corrected chi connectivity index (χ4v) is 4.11. The summed E-state index contributed by atoms with van der Waals surface area (Å²) in [5, 5.41) is 8.80. The van der Waals surface area contributed by atoms with Gasteiger partial charge in [0.15, 0.2) is 0 Å². The summed E-state index contributed by atoms with van der Waals surface area (Å²) in [4.78, 5) is 24.1. The molecular formula is C25H33N3O2. The molecule has 3 N–H and O–H groups in total. The molecule has 3 rings (SSSR count). The Kier molecular flexibility index (Phi) is 8.76. The number of nitrogens with one attached hydrogen (secondary N) is 3. The molecule has 0 saturated heterocycles. The normalized spacial score (nSPS) is 14.3. The number of urea groups is 1. The molecule has 0 atom stereocenters.